The lowest BCUT2D eigenvalue weighted by atomic mass is 10.1. The fourth-order valence-corrected chi connectivity index (χ4v) is 2.55. The summed E-state index contributed by atoms with van der Waals surface area (Å²) in [5.41, 5.74) is 2.90. The van der Waals surface area contributed by atoms with Gasteiger partial charge in [-0.15, -0.1) is 10.2 Å². The van der Waals surface area contributed by atoms with Crippen molar-refractivity contribution in [3.63, 3.8) is 0 Å². The quantitative estimate of drug-likeness (QED) is 0.658. The van der Waals surface area contributed by atoms with E-state index in [1.807, 2.05) is 30.3 Å². The average molecular weight is 342 g/mol. The summed E-state index contributed by atoms with van der Waals surface area (Å²) in [4.78, 5) is 0. The molecule has 1 aromatic heterocycles. The van der Waals surface area contributed by atoms with Crippen LogP contribution in [0.2, 0.25) is 0 Å². The second-order valence-corrected chi connectivity index (χ2v) is 5.47. The fraction of sp³-hybridized carbons (Fsp3) is 0.167. The lowest BCUT2D eigenvalue weighted by Gasteiger charge is -2.11. The molecule has 0 aliphatic carbocycles. The van der Waals surface area contributed by atoms with Gasteiger partial charge >= 0.3 is 6.61 Å². The average Bonchev–Trinajstić information content (AvgIpc) is 3.05. The molecule has 0 N–H and O–H groups in total. The van der Waals surface area contributed by atoms with Crippen LogP contribution in [0.1, 0.15) is 16.7 Å². The summed E-state index contributed by atoms with van der Waals surface area (Å²) in [6, 6.07) is 13.0. The molecule has 2 aromatic carbocycles. The summed E-state index contributed by atoms with van der Waals surface area (Å²) in [6.45, 7) is 0.592. The van der Waals surface area contributed by atoms with Crippen molar-refractivity contribution < 1.29 is 13.5 Å². The third-order valence-electron chi connectivity index (χ3n) is 3.58. The molecule has 0 aliphatic rings. The van der Waals surface area contributed by atoms with Crippen LogP contribution in [0.15, 0.2) is 53.9 Å². The number of halogens is 2. The van der Waals surface area contributed by atoms with E-state index in [-0.39, 0.29) is 5.75 Å². The van der Waals surface area contributed by atoms with Crippen molar-refractivity contribution in [2.45, 2.75) is 20.5 Å². The standard InChI is InChI=1S/C18H16F2N4O/c1-12-8-14(9-13(2)16(12)25-18(19)20)10-22-24-11-21-23-17(24)15-6-4-3-5-7-15/h3-11,18H,1-2H3/b22-10-. The molecule has 1 heterocycles. The van der Waals surface area contributed by atoms with Crippen LogP contribution in [0.3, 0.4) is 0 Å². The summed E-state index contributed by atoms with van der Waals surface area (Å²) in [5.74, 6) is 0.810. The third-order valence-corrected chi connectivity index (χ3v) is 3.58. The minimum absolute atomic E-state index is 0.196. The van der Waals surface area contributed by atoms with E-state index < -0.39 is 6.61 Å². The van der Waals surface area contributed by atoms with Crippen molar-refractivity contribution in [3.05, 3.63) is 65.5 Å². The maximum Gasteiger partial charge on any atom is 0.387 e. The molecule has 0 atom stereocenters. The van der Waals surface area contributed by atoms with Gasteiger partial charge in [-0.2, -0.15) is 18.6 Å². The number of ether oxygens (including phenoxy) is 1. The molecule has 0 spiro atoms. The molecule has 0 fully saturated rings. The second kappa shape index (κ2) is 7.21. The van der Waals surface area contributed by atoms with Gasteiger partial charge in [0.05, 0.1) is 6.21 Å². The Kier molecular flexibility index (Phi) is 4.83. The van der Waals surface area contributed by atoms with Crippen LogP contribution in [0.5, 0.6) is 5.75 Å². The van der Waals surface area contributed by atoms with Gasteiger partial charge in [-0.3, -0.25) is 0 Å². The number of hydrogen-bond acceptors (Lipinski definition) is 4. The van der Waals surface area contributed by atoms with Crippen LogP contribution in [0, 0.1) is 13.8 Å². The number of benzene rings is 2. The second-order valence-electron chi connectivity index (χ2n) is 5.47. The Bertz CT molecular complexity index is 868. The van der Waals surface area contributed by atoms with Gasteiger partial charge in [-0.25, -0.2) is 0 Å². The van der Waals surface area contributed by atoms with E-state index in [1.165, 1.54) is 6.33 Å². The first-order valence-corrected chi connectivity index (χ1v) is 7.60. The minimum Gasteiger partial charge on any atom is -0.434 e. The predicted molar refractivity (Wildman–Crippen MR) is 91.0 cm³/mol. The first-order valence-electron chi connectivity index (χ1n) is 7.60. The zero-order chi connectivity index (χ0) is 17.8. The van der Waals surface area contributed by atoms with Crippen LogP contribution in [0.25, 0.3) is 11.4 Å². The van der Waals surface area contributed by atoms with Gasteiger partial charge < -0.3 is 4.74 Å². The SMILES string of the molecule is Cc1cc(/C=N\n2cnnc2-c2ccccc2)cc(C)c1OC(F)F. The summed E-state index contributed by atoms with van der Waals surface area (Å²) in [7, 11) is 0. The van der Waals surface area contributed by atoms with Crippen LogP contribution < -0.4 is 4.74 Å². The molecule has 0 aliphatic heterocycles. The van der Waals surface area contributed by atoms with Gasteiger partial charge in [0.25, 0.3) is 0 Å². The van der Waals surface area contributed by atoms with Gasteiger partial charge in [0.1, 0.15) is 12.1 Å². The maximum atomic E-state index is 12.5. The summed E-state index contributed by atoms with van der Waals surface area (Å²) >= 11 is 0. The number of aromatic nitrogens is 3. The molecular formula is C18H16F2N4O. The molecular weight excluding hydrogens is 326 g/mol. The molecule has 128 valence electrons. The highest BCUT2D eigenvalue weighted by molar-refractivity contribution is 5.81. The van der Waals surface area contributed by atoms with E-state index in [2.05, 4.69) is 20.0 Å². The van der Waals surface area contributed by atoms with Crippen molar-refractivity contribution >= 4 is 6.21 Å². The van der Waals surface area contributed by atoms with E-state index >= 15 is 0 Å². The summed E-state index contributed by atoms with van der Waals surface area (Å²) in [5, 5.41) is 12.3. The van der Waals surface area contributed by atoms with Crippen molar-refractivity contribution in [2.75, 3.05) is 0 Å². The highest BCUT2D eigenvalue weighted by Crippen LogP contribution is 2.26. The lowest BCUT2D eigenvalue weighted by molar-refractivity contribution is -0.0507. The highest BCUT2D eigenvalue weighted by Gasteiger charge is 2.11. The smallest absolute Gasteiger partial charge is 0.387 e. The molecule has 0 bridgehead atoms. The van der Waals surface area contributed by atoms with Crippen molar-refractivity contribution in [1.82, 2.24) is 14.9 Å². The van der Waals surface area contributed by atoms with Gasteiger partial charge in [0, 0.05) is 5.56 Å². The number of nitrogens with zero attached hydrogens (tertiary/aromatic N) is 4. The zero-order valence-electron chi connectivity index (χ0n) is 13.7. The Labute approximate surface area is 143 Å². The van der Waals surface area contributed by atoms with Crippen LogP contribution in [0.4, 0.5) is 8.78 Å². The molecule has 0 saturated carbocycles. The molecule has 25 heavy (non-hydrogen) atoms. The van der Waals surface area contributed by atoms with E-state index in [9.17, 15) is 8.78 Å². The van der Waals surface area contributed by atoms with E-state index in [0.29, 0.717) is 17.0 Å². The van der Waals surface area contributed by atoms with Crippen LogP contribution >= 0.6 is 0 Å². The normalized spacial score (nSPS) is 11.4. The van der Waals surface area contributed by atoms with Crippen LogP contribution in [-0.4, -0.2) is 27.7 Å². The van der Waals surface area contributed by atoms with Crippen molar-refractivity contribution in [2.24, 2.45) is 5.10 Å². The van der Waals surface area contributed by atoms with E-state index in [0.717, 1.165) is 11.1 Å². The first-order chi connectivity index (χ1) is 12.0. The Morgan fingerprint density at radius 1 is 1.12 bits per heavy atom. The molecule has 0 unspecified atom stereocenters. The lowest BCUT2D eigenvalue weighted by Crippen LogP contribution is -2.05. The zero-order valence-corrected chi connectivity index (χ0v) is 13.7. The highest BCUT2D eigenvalue weighted by atomic mass is 19.3. The molecule has 0 saturated heterocycles. The molecule has 3 aromatic rings. The number of hydrogen-bond donors (Lipinski definition) is 0. The molecule has 5 nitrogen and oxygen atoms in total. The van der Waals surface area contributed by atoms with Crippen molar-refractivity contribution in [3.8, 4) is 17.1 Å². The third kappa shape index (κ3) is 3.88. The first kappa shape index (κ1) is 16.8. The predicted octanol–water partition coefficient (Wildman–Crippen LogP) is 4.05. The topological polar surface area (TPSA) is 52.3 Å². The Morgan fingerprint density at radius 3 is 2.44 bits per heavy atom. The maximum absolute atomic E-state index is 12.5. The van der Waals surface area contributed by atoms with Crippen LogP contribution in [-0.2, 0) is 0 Å². The number of rotatable bonds is 5. The molecule has 0 radical (unpaired) electrons. The van der Waals surface area contributed by atoms with Gasteiger partial charge in [0.2, 0.25) is 0 Å². The van der Waals surface area contributed by atoms with E-state index in [1.54, 1.807) is 36.9 Å². The van der Waals surface area contributed by atoms with Gasteiger partial charge in [0.15, 0.2) is 5.82 Å². The minimum atomic E-state index is -2.85. The Hall–Kier alpha value is -3.09. The monoisotopic (exact) mass is 342 g/mol. The molecule has 3 rings (SSSR count). The molecule has 0 amide bonds. The Morgan fingerprint density at radius 2 is 1.80 bits per heavy atom. The molecule has 7 heteroatoms. The van der Waals surface area contributed by atoms with E-state index in [4.69, 9.17) is 0 Å². The summed E-state index contributed by atoms with van der Waals surface area (Å²) in [6.07, 6.45) is 3.13. The van der Waals surface area contributed by atoms with Gasteiger partial charge in [-0.1, -0.05) is 30.3 Å². The van der Waals surface area contributed by atoms with Crippen molar-refractivity contribution in [1.29, 1.82) is 0 Å². The fourth-order valence-electron chi connectivity index (χ4n) is 2.55. The Balaban J connectivity index is 1.88. The summed E-state index contributed by atoms with van der Waals surface area (Å²) < 4.78 is 31.0. The number of alkyl halides is 2. The number of aryl methyl sites for hydroxylation is 2. The van der Waals surface area contributed by atoms with Gasteiger partial charge in [-0.05, 0) is 42.7 Å². The largest absolute Gasteiger partial charge is 0.434 e.